The van der Waals surface area contributed by atoms with E-state index in [2.05, 4.69) is 15.0 Å². The van der Waals surface area contributed by atoms with Crippen LogP contribution in [0.15, 0.2) is 64.5 Å². The maximum absolute atomic E-state index is 14.3. The SMILES string of the molecule is O=C(Nc1ccc(S(=O)(=O)NC2=NCCCCC2)cc1)C(F)(F)c1ccccc1. The molecule has 6 nitrogen and oxygen atoms in total. The molecule has 0 spiro atoms. The lowest BCUT2D eigenvalue weighted by Crippen LogP contribution is -2.32. The van der Waals surface area contributed by atoms with Crippen LogP contribution in [0.2, 0.25) is 0 Å². The van der Waals surface area contributed by atoms with Crippen LogP contribution in [0.3, 0.4) is 0 Å². The van der Waals surface area contributed by atoms with Gasteiger partial charge in [0.15, 0.2) is 0 Å². The van der Waals surface area contributed by atoms with Crippen LogP contribution in [0, 0.1) is 0 Å². The molecule has 1 aliphatic heterocycles. The molecule has 0 saturated carbocycles. The van der Waals surface area contributed by atoms with E-state index in [1.807, 2.05) is 0 Å². The Hall–Kier alpha value is -2.81. The van der Waals surface area contributed by atoms with E-state index in [0.29, 0.717) is 18.8 Å². The molecule has 3 rings (SSSR count). The summed E-state index contributed by atoms with van der Waals surface area (Å²) in [6, 6.07) is 11.8. The zero-order chi connectivity index (χ0) is 20.9. The van der Waals surface area contributed by atoms with E-state index in [1.165, 1.54) is 36.4 Å². The second-order valence-corrected chi connectivity index (χ2v) is 8.35. The van der Waals surface area contributed by atoms with Crippen molar-refractivity contribution >= 4 is 27.5 Å². The van der Waals surface area contributed by atoms with Crippen molar-refractivity contribution < 1.29 is 22.0 Å². The molecule has 0 saturated heterocycles. The monoisotopic (exact) mass is 421 g/mol. The third-order valence-corrected chi connectivity index (χ3v) is 5.87. The Balaban J connectivity index is 1.69. The second kappa shape index (κ2) is 8.69. The Morgan fingerprint density at radius 3 is 2.34 bits per heavy atom. The summed E-state index contributed by atoms with van der Waals surface area (Å²) in [6.07, 6.45) is 3.34. The molecule has 2 aromatic carbocycles. The van der Waals surface area contributed by atoms with Gasteiger partial charge < -0.3 is 5.32 Å². The minimum Gasteiger partial charge on any atom is -0.321 e. The minimum absolute atomic E-state index is 0.0442. The molecule has 0 fully saturated rings. The zero-order valence-electron chi connectivity index (χ0n) is 15.6. The summed E-state index contributed by atoms with van der Waals surface area (Å²) in [5.41, 5.74) is -0.360. The number of anilines is 1. The molecule has 1 amide bonds. The number of aliphatic imine (C=N–C) groups is 1. The molecule has 1 aliphatic rings. The molecule has 154 valence electrons. The van der Waals surface area contributed by atoms with Gasteiger partial charge in [-0.2, -0.15) is 8.78 Å². The topological polar surface area (TPSA) is 87.6 Å². The summed E-state index contributed by atoms with van der Waals surface area (Å²) < 4.78 is 56.0. The lowest BCUT2D eigenvalue weighted by atomic mass is 10.1. The number of carbonyl (C=O) groups is 1. The zero-order valence-corrected chi connectivity index (χ0v) is 16.4. The van der Waals surface area contributed by atoms with Gasteiger partial charge in [-0.3, -0.25) is 14.5 Å². The Kier molecular flexibility index (Phi) is 6.26. The van der Waals surface area contributed by atoms with Crippen LogP contribution in [0.4, 0.5) is 14.5 Å². The fourth-order valence-electron chi connectivity index (χ4n) is 2.88. The third kappa shape index (κ3) is 5.17. The number of amides is 1. The Labute approximate surface area is 168 Å². The van der Waals surface area contributed by atoms with Crippen molar-refractivity contribution in [2.45, 2.75) is 36.5 Å². The first-order chi connectivity index (χ1) is 13.8. The van der Waals surface area contributed by atoms with Crippen molar-refractivity contribution in [2.75, 3.05) is 11.9 Å². The van der Waals surface area contributed by atoms with Crippen LogP contribution in [0.1, 0.15) is 31.2 Å². The molecule has 1 heterocycles. The summed E-state index contributed by atoms with van der Waals surface area (Å²) >= 11 is 0. The van der Waals surface area contributed by atoms with Gasteiger partial charge in [0.05, 0.1) is 4.90 Å². The van der Waals surface area contributed by atoms with Gasteiger partial charge in [-0.1, -0.05) is 36.8 Å². The quantitative estimate of drug-likeness (QED) is 0.772. The van der Waals surface area contributed by atoms with Crippen molar-refractivity contribution in [2.24, 2.45) is 4.99 Å². The number of nitrogens with one attached hydrogen (secondary N) is 2. The first-order valence-electron chi connectivity index (χ1n) is 9.20. The fraction of sp³-hybridized carbons (Fsp3) is 0.300. The van der Waals surface area contributed by atoms with Crippen molar-refractivity contribution in [3.8, 4) is 0 Å². The molecule has 0 radical (unpaired) electrons. The predicted molar refractivity (Wildman–Crippen MR) is 106 cm³/mol. The largest absolute Gasteiger partial charge is 0.350 e. The maximum atomic E-state index is 14.3. The Morgan fingerprint density at radius 2 is 1.66 bits per heavy atom. The maximum Gasteiger partial charge on any atom is 0.350 e. The molecule has 0 atom stereocenters. The fourth-order valence-corrected chi connectivity index (χ4v) is 3.97. The number of sulfonamides is 1. The van der Waals surface area contributed by atoms with E-state index in [-0.39, 0.29) is 10.6 Å². The van der Waals surface area contributed by atoms with E-state index in [4.69, 9.17) is 0 Å². The van der Waals surface area contributed by atoms with Crippen molar-refractivity contribution in [1.29, 1.82) is 0 Å². The molecule has 0 aliphatic carbocycles. The van der Waals surface area contributed by atoms with Crippen LogP contribution in [-0.4, -0.2) is 26.7 Å². The number of hydrogen-bond donors (Lipinski definition) is 2. The predicted octanol–water partition coefficient (Wildman–Crippen LogP) is 3.67. The highest BCUT2D eigenvalue weighted by Gasteiger charge is 2.40. The van der Waals surface area contributed by atoms with Crippen molar-refractivity contribution in [3.63, 3.8) is 0 Å². The van der Waals surface area contributed by atoms with Crippen molar-refractivity contribution in [3.05, 3.63) is 60.2 Å². The average Bonchev–Trinajstić information content (AvgIpc) is 2.97. The number of hydrogen-bond acceptors (Lipinski definition) is 4. The van der Waals surface area contributed by atoms with Gasteiger partial charge in [0.25, 0.3) is 15.9 Å². The number of benzene rings is 2. The van der Waals surface area contributed by atoms with Crippen molar-refractivity contribution in [1.82, 2.24) is 4.72 Å². The first-order valence-corrected chi connectivity index (χ1v) is 10.7. The van der Waals surface area contributed by atoms with E-state index in [0.717, 1.165) is 31.4 Å². The van der Waals surface area contributed by atoms with Gasteiger partial charge in [0.2, 0.25) is 0 Å². The number of amidine groups is 1. The van der Waals surface area contributed by atoms with Gasteiger partial charge in [-0.15, -0.1) is 0 Å². The summed E-state index contributed by atoms with van der Waals surface area (Å²) in [4.78, 5) is 16.2. The second-order valence-electron chi connectivity index (χ2n) is 6.66. The molecule has 29 heavy (non-hydrogen) atoms. The van der Waals surface area contributed by atoms with Gasteiger partial charge in [0.1, 0.15) is 5.84 Å². The molecule has 9 heteroatoms. The van der Waals surface area contributed by atoms with E-state index in [1.54, 1.807) is 6.07 Å². The average molecular weight is 421 g/mol. The Morgan fingerprint density at radius 1 is 0.966 bits per heavy atom. The third-order valence-electron chi connectivity index (χ3n) is 4.47. The van der Waals surface area contributed by atoms with Gasteiger partial charge in [0, 0.05) is 24.2 Å². The van der Waals surface area contributed by atoms with Crippen LogP contribution < -0.4 is 10.0 Å². The molecule has 0 bridgehead atoms. The number of nitrogens with zero attached hydrogens (tertiary/aromatic N) is 1. The van der Waals surface area contributed by atoms with Gasteiger partial charge in [-0.05, 0) is 37.1 Å². The molecular weight excluding hydrogens is 400 g/mol. The smallest absolute Gasteiger partial charge is 0.321 e. The molecule has 2 aromatic rings. The number of carbonyl (C=O) groups excluding carboxylic acids is 1. The van der Waals surface area contributed by atoms with Crippen LogP contribution in [0.25, 0.3) is 0 Å². The lowest BCUT2D eigenvalue weighted by Gasteiger charge is -2.16. The normalized spacial score (nSPS) is 15.2. The van der Waals surface area contributed by atoms with Crippen LogP contribution in [0.5, 0.6) is 0 Å². The van der Waals surface area contributed by atoms with Crippen LogP contribution in [-0.2, 0) is 20.7 Å². The van der Waals surface area contributed by atoms with E-state index < -0.39 is 27.4 Å². The highest BCUT2D eigenvalue weighted by Crippen LogP contribution is 2.29. The van der Waals surface area contributed by atoms with Crippen LogP contribution >= 0.6 is 0 Å². The molecule has 0 aromatic heterocycles. The number of halogens is 2. The summed E-state index contributed by atoms with van der Waals surface area (Å²) in [5, 5.41) is 2.12. The van der Waals surface area contributed by atoms with Gasteiger partial charge >= 0.3 is 5.92 Å². The summed E-state index contributed by atoms with van der Waals surface area (Å²) in [6.45, 7) is 0.582. The lowest BCUT2D eigenvalue weighted by molar-refractivity contribution is -0.140. The number of alkyl halides is 2. The number of rotatable bonds is 5. The minimum atomic E-state index is -3.83. The van der Waals surface area contributed by atoms with Gasteiger partial charge in [-0.25, -0.2) is 8.42 Å². The molecule has 2 N–H and O–H groups in total. The Bertz CT molecular complexity index is 991. The highest BCUT2D eigenvalue weighted by atomic mass is 32.2. The van der Waals surface area contributed by atoms with E-state index >= 15 is 0 Å². The highest BCUT2D eigenvalue weighted by molar-refractivity contribution is 7.90. The first kappa shape index (κ1) is 20.9. The molecular formula is C20H21F2N3O3S. The van der Waals surface area contributed by atoms with E-state index in [9.17, 15) is 22.0 Å². The standard InChI is InChI=1S/C20H21F2N3O3S/c21-20(22,15-7-3-1-4-8-15)19(26)24-16-10-12-17(13-11-16)29(27,28)25-18-9-5-2-6-14-23-18/h1,3-4,7-8,10-13H,2,5-6,9,14H2,(H,23,25)(H,24,26). The molecule has 0 unspecified atom stereocenters. The summed E-state index contributed by atoms with van der Waals surface area (Å²) in [7, 11) is -3.83. The summed E-state index contributed by atoms with van der Waals surface area (Å²) in [5.74, 6) is -4.79.